The van der Waals surface area contributed by atoms with Gasteiger partial charge in [0.15, 0.2) is 0 Å². The number of amides is 2. The number of piperidine rings is 1. The van der Waals surface area contributed by atoms with Gasteiger partial charge in [-0.3, -0.25) is 9.59 Å². The lowest BCUT2D eigenvalue weighted by atomic mass is 10.0. The standard InChI is InChI=1S/C17H22FN3O2/c18-15-6-2-1-4-13(15)10-16(22)20-8-3-5-14(12-20)21-9-7-19-11-17(21)23/h1-2,4,6,14,19H,3,5,7-12H2. The van der Waals surface area contributed by atoms with Gasteiger partial charge >= 0.3 is 0 Å². The van der Waals surface area contributed by atoms with Gasteiger partial charge in [-0.05, 0) is 24.5 Å². The summed E-state index contributed by atoms with van der Waals surface area (Å²) in [7, 11) is 0. The summed E-state index contributed by atoms with van der Waals surface area (Å²) in [5.74, 6) is -0.307. The van der Waals surface area contributed by atoms with E-state index in [1.165, 1.54) is 6.07 Å². The Kier molecular flexibility index (Phi) is 4.91. The number of hydrogen-bond donors (Lipinski definition) is 1. The van der Waals surface area contributed by atoms with Gasteiger partial charge in [0.1, 0.15) is 5.82 Å². The molecule has 0 bridgehead atoms. The highest BCUT2D eigenvalue weighted by molar-refractivity contribution is 5.80. The van der Waals surface area contributed by atoms with Crippen molar-refractivity contribution in [1.82, 2.24) is 15.1 Å². The first-order valence-corrected chi connectivity index (χ1v) is 8.16. The summed E-state index contributed by atoms with van der Waals surface area (Å²) in [6, 6.07) is 6.47. The first-order chi connectivity index (χ1) is 11.1. The van der Waals surface area contributed by atoms with E-state index in [1.54, 1.807) is 23.1 Å². The minimum atomic E-state index is -0.341. The second kappa shape index (κ2) is 7.08. The molecule has 6 heteroatoms. The third-order valence-corrected chi connectivity index (χ3v) is 4.62. The highest BCUT2D eigenvalue weighted by Crippen LogP contribution is 2.18. The number of benzene rings is 1. The molecular weight excluding hydrogens is 297 g/mol. The molecule has 1 aromatic carbocycles. The van der Waals surface area contributed by atoms with Gasteiger partial charge in [-0.1, -0.05) is 18.2 Å². The summed E-state index contributed by atoms with van der Waals surface area (Å²) < 4.78 is 13.7. The van der Waals surface area contributed by atoms with Crippen LogP contribution in [0, 0.1) is 5.82 Å². The van der Waals surface area contributed by atoms with Crippen molar-refractivity contribution in [3.8, 4) is 0 Å². The number of nitrogens with zero attached hydrogens (tertiary/aromatic N) is 2. The quantitative estimate of drug-likeness (QED) is 0.896. The van der Waals surface area contributed by atoms with Gasteiger partial charge < -0.3 is 15.1 Å². The van der Waals surface area contributed by atoms with Gasteiger partial charge in [0.05, 0.1) is 13.0 Å². The zero-order valence-corrected chi connectivity index (χ0v) is 13.1. The molecule has 2 fully saturated rings. The molecule has 3 rings (SSSR count). The maximum Gasteiger partial charge on any atom is 0.236 e. The zero-order valence-electron chi connectivity index (χ0n) is 13.1. The van der Waals surface area contributed by atoms with Gasteiger partial charge in [0.2, 0.25) is 11.8 Å². The number of piperazine rings is 1. The van der Waals surface area contributed by atoms with Crippen molar-refractivity contribution in [1.29, 1.82) is 0 Å². The molecule has 2 saturated heterocycles. The number of nitrogens with one attached hydrogen (secondary N) is 1. The molecule has 0 radical (unpaired) electrons. The van der Waals surface area contributed by atoms with Crippen LogP contribution in [0.5, 0.6) is 0 Å². The first kappa shape index (κ1) is 15.9. The maximum absolute atomic E-state index is 13.7. The Morgan fingerprint density at radius 3 is 2.91 bits per heavy atom. The SMILES string of the molecule is O=C(Cc1ccccc1F)N1CCCC(N2CCNCC2=O)C1. The largest absolute Gasteiger partial charge is 0.340 e. The molecule has 23 heavy (non-hydrogen) atoms. The monoisotopic (exact) mass is 319 g/mol. The van der Waals surface area contributed by atoms with Crippen LogP contribution in [0.3, 0.4) is 0 Å². The first-order valence-electron chi connectivity index (χ1n) is 8.16. The molecule has 2 heterocycles. The Morgan fingerprint density at radius 2 is 2.13 bits per heavy atom. The number of rotatable bonds is 3. The number of carbonyl (C=O) groups excluding carboxylic acids is 2. The van der Waals surface area contributed by atoms with Gasteiger partial charge in [-0.2, -0.15) is 0 Å². The Morgan fingerprint density at radius 1 is 1.30 bits per heavy atom. The fourth-order valence-corrected chi connectivity index (χ4v) is 3.36. The number of likely N-dealkylation sites (tertiary alicyclic amines) is 1. The minimum absolute atomic E-state index is 0.0672. The average molecular weight is 319 g/mol. The van der Waals surface area contributed by atoms with Gasteiger partial charge in [0, 0.05) is 32.2 Å². The lowest BCUT2D eigenvalue weighted by Gasteiger charge is -2.41. The minimum Gasteiger partial charge on any atom is -0.340 e. The van der Waals surface area contributed by atoms with E-state index in [9.17, 15) is 14.0 Å². The van der Waals surface area contributed by atoms with Crippen molar-refractivity contribution in [3.63, 3.8) is 0 Å². The number of halogens is 1. The Hall–Kier alpha value is -1.95. The number of hydrogen-bond acceptors (Lipinski definition) is 3. The van der Waals surface area contributed by atoms with Crippen LogP contribution in [0.25, 0.3) is 0 Å². The van der Waals surface area contributed by atoms with Gasteiger partial charge in [-0.15, -0.1) is 0 Å². The van der Waals surface area contributed by atoms with Crippen LogP contribution in [0.4, 0.5) is 4.39 Å². The van der Waals surface area contributed by atoms with E-state index < -0.39 is 0 Å². The summed E-state index contributed by atoms with van der Waals surface area (Å²) in [4.78, 5) is 28.2. The molecule has 2 aliphatic rings. The number of carbonyl (C=O) groups is 2. The Bertz CT molecular complexity index is 593. The molecule has 0 aliphatic carbocycles. The van der Waals surface area contributed by atoms with Crippen LogP contribution < -0.4 is 5.32 Å². The molecule has 124 valence electrons. The van der Waals surface area contributed by atoms with Crippen molar-refractivity contribution in [2.75, 3.05) is 32.7 Å². The molecule has 2 amide bonds. The smallest absolute Gasteiger partial charge is 0.236 e. The lowest BCUT2D eigenvalue weighted by molar-refractivity contribution is -0.140. The summed E-state index contributed by atoms with van der Waals surface area (Å²) in [5, 5.41) is 3.06. The molecule has 0 spiro atoms. The topological polar surface area (TPSA) is 52.7 Å². The highest BCUT2D eigenvalue weighted by atomic mass is 19.1. The Balaban J connectivity index is 1.62. The van der Waals surface area contributed by atoms with E-state index in [0.29, 0.717) is 31.7 Å². The van der Waals surface area contributed by atoms with E-state index in [2.05, 4.69) is 5.32 Å². The molecule has 1 unspecified atom stereocenters. The summed E-state index contributed by atoms with van der Waals surface area (Å²) in [6.45, 7) is 3.10. The second-order valence-corrected chi connectivity index (χ2v) is 6.17. The molecule has 1 atom stereocenters. The van der Waals surface area contributed by atoms with Crippen LogP contribution in [0.1, 0.15) is 18.4 Å². The highest BCUT2D eigenvalue weighted by Gasteiger charge is 2.31. The third-order valence-electron chi connectivity index (χ3n) is 4.62. The van der Waals surface area contributed by atoms with E-state index >= 15 is 0 Å². The zero-order chi connectivity index (χ0) is 16.2. The van der Waals surface area contributed by atoms with E-state index in [4.69, 9.17) is 0 Å². The van der Waals surface area contributed by atoms with E-state index in [1.807, 2.05) is 4.90 Å². The van der Waals surface area contributed by atoms with Crippen molar-refractivity contribution < 1.29 is 14.0 Å². The Labute approximate surface area is 135 Å². The van der Waals surface area contributed by atoms with Crippen LogP contribution in [0.15, 0.2) is 24.3 Å². The van der Waals surface area contributed by atoms with E-state index in [-0.39, 0.29) is 30.1 Å². The van der Waals surface area contributed by atoms with Crippen molar-refractivity contribution in [2.45, 2.75) is 25.3 Å². The van der Waals surface area contributed by atoms with Crippen LogP contribution >= 0.6 is 0 Å². The van der Waals surface area contributed by atoms with Gasteiger partial charge in [0.25, 0.3) is 0 Å². The average Bonchev–Trinajstić information content (AvgIpc) is 2.57. The van der Waals surface area contributed by atoms with Crippen molar-refractivity contribution in [2.24, 2.45) is 0 Å². The predicted octanol–water partition coefficient (Wildman–Crippen LogP) is 0.791. The van der Waals surface area contributed by atoms with Crippen molar-refractivity contribution >= 4 is 11.8 Å². The van der Waals surface area contributed by atoms with Crippen LogP contribution in [-0.2, 0) is 16.0 Å². The van der Waals surface area contributed by atoms with Crippen LogP contribution in [-0.4, -0.2) is 60.4 Å². The lowest BCUT2D eigenvalue weighted by Crippen LogP contribution is -2.57. The normalized spacial score (nSPS) is 22.3. The molecule has 1 aromatic rings. The predicted molar refractivity (Wildman–Crippen MR) is 84.3 cm³/mol. The molecule has 0 aromatic heterocycles. The van der Waals surface area contributed by atoms with Gasteiger partial charge in [-0.25, -0.2) is 4.39 Å². The summed E-state index contributed by atoms with van der Waals surface area (Å²) >= 11 is 0. The van der Waals surface area contributed by atoms with Crippen LogP contribution in [0.2, 0.25) is 0 Å². The second-order valence-electron chi connectivity index (χ2n) is 6.17. The maximum atomic E-state index is 13.7. The third kappa shape index (κ3) is 3.69. The molecule has 2 aliphatic heterocycles. The fraction of sp³-hybridized carbons (Fsp3) is 0.529. The molecule has 1 N–H and O–H groups in total. The molecule has 0 saturated carbocycles. The summed E-state index contributed by atoms with van der Waals surface area (Å²) in [6.07, 6.45) is 1.88. The van der Waals surface area contributed by atoms with E-state index in [0.717, 1.165) is 19.4 Å². The molecular formula is C17H22FN3O2. The summed E-state index contributed by atoms with van der Waals surface area (Å²) in [5.41, 5.74) is 0.429. The molecule has 5 nitrogen and oxygen atoms in total. The fourth-order valence-electron chi connectivity index (χ4n) is 3.36. The van der Waals surface area contributed by atoms with Crippen molar-refractivity contribution in [3.05, 3.63) is 35.6 Å².